The molecule has 0 aliphatic rings. The van der Waals surface area contributed by atoms with Gasteiger partial charge in [0.1, 0.15) is 5.82 Å². The molecule has 1 heterocycles. The van der Waals surface area contributed by atoms with Gasteiger partial charge in [-0.2, -0.15) is 5.10 Å². The van der Waals surface area contributed by atoms with Crippen molar-refractivity contribution in [3.05, 3.63) is 52.1 Å². The van der Waals surface area contributed by atoms with Gasteiger partial charge in [0.15, 0.2) is 0 Å². The highest BCUT2D eigenvalue weighted by Gasteiger charge is 2.13. The Balaban J connectivity index is 2.09. The summed E-state index contributed by atoms with van der Waals surface area (Å²) in [4.78, 5) is 0. The van der Waals surface area contributed by atoms with E-state index in [4.69, 9.17) is 11.6 Å². The van der Waals surface area contributed by atoms with Crippen molar-refractivity contribution in [3.8, 4) is 0 Å². The fourth-order valence-corrected chi connectivity index (χ4v) is 2.19. The van der Waals surface area contributed by atoms with Crippen molar-refractivity contribution in [3.63, 3.8) is 0 Å². The molecule has 20 heavy (non-hydrogen) atoms. The zero-order chi connectivity index (χ0) is 14.7. The lowest BCUT2D eigenvalue weighted by Crippen LogP contribution is -2.24. The normalized spacial score (nSPS) is 12.7. The molecule has 2 N–H and O–H groups in total. The Labute approximate surface area is 122 Å². The van der Waals surface area contributed by atoms with Crippen LogP contribution in [0.15, 0.2) is 24.4 Å². The molecular weight excluding hydrogens is 281 g/mol. The van der Waals surface area contributed by atoms with Crippen molar-refractivity contribution in [1.29, 1.82) is 0 Å². The maximum atomic E-state index is 13.5. The molecule has 0 saturated carbocycles. The minimum Gasteiger partial charge on any atom is -0.394 e. The Kier molecular flexibility index (Phi) is 4.75. The van der Waals surface area contributed by atoms with E-state index in [1.54, 1.807) is 10.7 Å². The molecule has 2 rings (SSSR count). The predicted octanol–water partition coefficient (Wildman–Crippen LogP) is 2.34. The van der Waals surface area contributed by atoms with Gasteiger partial charge in [0.05, 0.1) is 23.4 Å². The summed E-state index contributed by atoms with van der Waals surface area (Å²) < 4.78 is 15.2. The van der Waals surface area contributed by atoms with E-state index in [0.29, 0.717) is 12.1 Å². The number of rotatable bonds is 5. The second-order valence-electron chi connectivity index (χ2n) is 4.70. The van der Waals surface area contributed by atoms with Gasteiger partial charge in [-0.25, -0.2) is 4.39 Å². The average molecular weight is 298 g/mol. The van der Waals surface area contributed by atoms with E-state index >= 15 is 0 Å². The van der Waals surface area contributed by atoms with E-state index in [0.717, 1.165) is 11.3 Å². The van der Waals surface area contributed by atoms with Crippen molar-refractivity contribution in [2.75, 3.05) is 6.61 Å². The molecule has 0 spiro atoms. The number of aryl methyl sites for hydroxylation is 2. The van der Waals surface area contributed by atoms with E-state index in [9.17, 15) is 9.50 Å². The molecule has 0 bridgehead atoms. The molecule has 0 aliphatic carbocycles. The molecule has 6 heteroatoms. The quantitative estimate of drug-likeness (QED) is 0.891. The number of aliphatic hydroxyl groups is 1. The van der Waals surface area contributed by atoms with Crippen LogP contribution in [0.4, 0.5) is 4.39 Å². The van der Waals surface area contributed by atoms with Crippen LogP contribution in [0.25, 0.3) is 0 Å². The van der Waals surface area contributed by atoms with Crippen LogP contribution in [0.2, 0.25) is 5.02 Å². The van der Waals surface area contributed by atoms with Crippen molar-refractivity contribution in [1.82, 2.24) is 15.1 Å². The van der Waals surface area contributed by atoms with E-state index in [1.807, 2.05) is 20.2 Å². The van der Waals surface area contributed by atoms with Gasteiger partial charge in [0, 0.05) is 25.4 Å². The third kappa shape index (κ3) is 3.36. The van der Waals surface area contributed by atoms with Gasteiger partial charge >= 0.3 is 0 Å². The molecule has 1 aromatic carbocycles. The van der Waals surface area contributed by atoms with Gasteiger partial charge in [0.25, 0.3) is 0 Å². The number of hydrogen-bond donors (Lipinski definition) is 2. The molecule has 1 atom stereocenters. The summed E-state index contributed by atoms with van der Waals surface area (Å²) >= 11 is 5.66. The van der Waals surface area contributed by atoms with E-state index in [-0.39, 0.29) is 17.7 Å². The van der Waals surface area contributed by atoms with Crippen LogP contribution >= 0.6 is 11.6 Å². The second kappa shape index (κ2) is 6.35. The summed E-state index contributed by atoms with van der Waals surface area (Å²) in [6.45, 7) is 2.35. The fourth-order valence-electron chi connectivity index (χ4n) is 2.07. The second-order valence-corrected chi connectivity index (χ2v) is 5.11. The summed E-state index contributed by atoms with van der Waals surface area (Å²) in [5, 5.41) is 17.0. The summed E-state index contributed by atoms with van der Waals surface area (Å²) in [6.07, 6.45) is 1.92. The number of nitrogens with one attached hydrogen (secondary N) is 1. The van der Waals surface area contributed by atoms with Crippen LogP contribution in [0.5, 0.6) is 0 Å². The largest absolute Gasteiger partial charge is 0.394 e. The van der Waals surface area contributed by atoms with Crippen molar-refractivity contribution in [2.45, 2.75) is 19.5 Å². The van der Waals surface area contributed by atoms with Crippen LogP contribution in [0, 0.1) is 12.7 Å². The Morgan fingerprint density at radius 1 is 1.50 bits per heavy atom. The van der Waals surface area contributed by atoms with Gasteiger partial charge in [-0.05, 0) is 24.6 Å². The number of hydrogen-bond acceptors (Lipinski definition) is 3. The third-order valence-electron chi connectivity index (χ3n) is 3.18. The Hall–Kier alpha value is -1.43. The summed E-state index contributed by atoms with van der Waals surface area (Å²) in [6, 6.07) is 4.19. The Morgan fingerprint density at radius 2 is 2.25 bits per heavy atom. The summed E-state index contributed by atoms with van der Waals surface area (Å²) in [7, 11) is 1.86. The molecule has 108 valence electrons. The zero-order valence-electron chi connectivity index (χ0n) is 11.4. The van der Waals surface area contributed by atoms with Crippen LogP contribution in [-0.2, 0) is 13.6 Å². The first kappa shape index (κ1) is 15.0. The maximum absolute atomic E-state index is 13.5. The van der Waals surface area contributed by atoms with Crippen molar-refractivity contribution < 1.29 is 9.50 Å². The molecule has 0 radical (unpaired) electrons. The average Bonchev–Trinajstić information content (AvgIpc) is 2.73. The Morgan fingerprint density at radius 3 is 2.80 bits per heavy atom. The number of aliphatic hydroxyl groups excluding tert-OH is 1. The molecular formula is C14H17ClFN3O. The lowest BCUT2D eigenvalue weighted by Gasteiger charge is -2.16. The standard InChI is InChI=1S/C14H17ClFN3O/c1-9-11(7-19(2)18-9)6-17-14(8-20)10-3-4-12(15)13(16)5-10/h3-5,7,14,17,20H,6,8H2,1-2H3. The minimum absolute atomic E-state index is 0.0774. The first-order chi connectivity index (χ1) is 9.51. The molecule has 0 fully saturated rings. The van der Waals surface area contributed by atoms with Crippen LogP contribution in [-0.4, -0.2) is 21.5 Å². The summed E-state index contributed by atoms with van der Waals surface area (Å²) in [5.41, 5.74) is 2.63. The molecule has 0 amide bonds. The van der Waals surface area contributed by atoms with Crippen molar-refractivity contribution >= 4 is 11.6 Å². The van der Waals surface area contributed by atoms with Crippen LogP contribution in [0.3, 0.4) is 0 Å². The third-order valence-corrected chi connectivity index (χ3v) is 3.49. The number of benzene rings is 1. The van der Waals surface area contributed by atoms with E-state index in [1.165, 1.54) is 12.1 Å². The molecule has 2 aromatic rings. The van der Waals surface area contributed by atoms with E-state index in [2.05, 4.69) is 10.4 Å². The monoisotopic (exact) mass is 297 g/mol. The maximum Gasteiger partial charge on any atom is 0.142 e. The first-order valence-corrected chi connectivity index (χ1v) is 6.67. The lowest BCUT2D eigenvalue weighted by atomic mass is 10.1. The molecule has 0 aliphatic heterocycles. The van der Waals surface area contributed by atoms with Crippen molar-refractivity contribution in [2.24, 2.45) is 7.05 Å². The Bertz CT molecular complexity index is 600. The molecule has 0 saturated heterocycles. The SMILES string of the molecule is Cc1nn(C)cc1CNC(CO)c1ccc(Cl)c(F)c1. The zero-order valence-corrected chi connectivity index (χ0v) is 12.2. The number of aromatic nitrogens is 2. The highest BCUT2D eigenvalue weighted by atomic mass is 35.5. The van der Waals surface area contributed by atoms with Gasteiger partial charge in [-0.15, -0.1) is 0 Å². The first-order valence-electron chi connectivity index (χ1n) is 6.29. The fraction of sp³-hybridized carbons (Fsp3) is 0.357. The van der Waals surface area contributed by atoms with Gasteiger partial charge in [-0.1, -0.05) is 17.7 Å². The van der Waals surface area contributed by atoms with Gasteiger partial charge in [0.2, 0.25) is 0 Å². The van der Waals surface area contributed by atoms with Crippen LogP contribution in [0.1, 0.15) is 22.9 Å². The molecule has 1 aromatic heterocycles. The van der Waals surface area contributed by atoms with E-state index < -0.39 is 5.82 Å². The minimum atomic E-state index is -0.484. The highest BCUT2D eigenvalue weighted by molar-refractivity contribution is 6.30. The number of halogens is 2. The lowest BCUT2D eigenvalue weighted by molar-refractivity contribution is 0.243. The molecule has 4 nitrogen and oxygen atoms in total. The smallest absolute Gasteiger partial charge is 0.142 e. The van der Waals surface area contributed by atoms with Gasteiger partial charge in [-0.3, -0.25) is 4.68 Å². The predicted molar refractivity (Wildman–Crippen MR) is 76.0 cm³/mol. The summed E-state index contributed by atoms with van der Waals surface area (Å²) in [5.74, 6) is -0.484. The molecule has 1 unspecified atom stereocenters. The number of nitrogens with zero attached hydrogens (tertiary/aromatic N) is 2. The van der Waals surface area contributed by atoms with Gasteiger partial charge < -0.3 is 10.4 Å². The highest BCUT2D eigenvalue weighted by Crippen LogP contribution is 2.20. The van der Waals surface area contributed by atoms with Crippen LogP contribution < -0.4 is 5.32 Å². The topological polar surface area (TPSA) is 50.1 Å².